The Morgan fingerprint density at radius 2 is 1.85 bits per heavy atom. The van der Waals surface area contributed by atoms with Gasteiger partial charge in [-0.05, 0) is 44.6 Å². The van der Waals surface area contributed by atoms with Crippen LogP contribution in [0, 0.1) is 0 Å². The van der Waals surface area contributed by atoms with Gasteiger partial charge in [0.05, 0.1) is 6.54 Å². The highest BCUT2D eigenvalue weighted by atomic mass is 127. The zero-order valence-corrected chi connectivity index (χ0v) is 18.5. The van der Waals surface area contributed by atoms with Crippen molar-refractivity contribution >= 4 is 29.9 Å². The molecule has 5 nitrogen and oxygen atoms in total. The minimum absolute atomic E-state index is 0. The number of aliphatic imine (C=N–C) groups is 1. The minimum Gasteiger partial charge on any atom is -0.357 e. The van der Waals surface area contributed by atoms with Gasteiger partial charge in [-0.1, -0.05) is 30.3 Å². The molecular weight excluding hydrogens is 437 g/mol. The molecule has 0 atom stereocenters. The van der Waals surface area contributed by atoms with E-state index in [0.717, 1.165) is 38.7 Å². The van der Waals surface area contributed by atoms with Crippen LogP contribution < -0.4 is 10.6 Å². The average Bonchev–Trinajstić information content (AvgIpc) is 2.83. The van der Waals surface area contributed by atoms with Crippen molar-refractivity contribution in [3.05, 3.63) is 48.0 Å². The summed E-state index contributed by atoms with van der Waals surface area (Å²) in [5.74, 6) is 0.833. The topological polar surface area (TPSA) is 42.9 Å². The Kier molecular flexibility index (Phi) is 11.6. The van der Waals surface area contributed by atoms with Gasteiger partial charge in [-0.25, -0.2) is 4.99 Å². The summed E-state index contributed by atoms with van der Waals surface area (Å²) in [6.07, 6.45) is 3.09. The van der Waals surface area contributed by atoms with Gasteiger partial charge in [-0.3, -0.25) is 4.90 Å². The van der Waals surface area contributed by atoms with Gasteiger partial charge in [0, 0.05) is 32.7 Å². The first kappa shape index (κ1) is 22.9. The van der Waals surface area contributed by atoms with Crippen molar-refractivity contribution in [2.45, 2.75) is 26.4 Å². The molecule has 1 fully saturated rings. The molecule has 0 bridgehead atoms. The van der Waals surface area contributed by atoms with Crippen molar-refractivity contribution in [1.29, 1.82) is 0 Å². The molecule has 1 aromatic rings. The third-order valence-electron chi connectivity index (χ3n) is 4.42. The van der Waals surface area contributed by atoms with Gasteiger partial charge in [-0.2, -0.15) is 0 Å². The maximum Gasteiger partial charge on any atom is 0.191 e. The van der Waals surface area contributed by atoms with Gasteiger partial charge in [0.25, 0.3) is 0 Å². The molecule has 0 unspecified atom stereocenters. The molecular formula is C20H34IN5. The number of nitrogens with one attached hydrogen (secondary N) is 2. The van der Waals surface area contributed by atoms with Gasteiger partial charge >= 0.3 is 0 Å². The van der Waals surface area contributed by atoms with Crippen LogP contribution >= 0.6 is 24.0 Å². The first-order valence-corrected chi connectivity index (χ1v) is 9.33. The Labute approximate surface area is 176 Å². The number of benzene rings is 1. The number of rotatable bonds is 7. The summed E-state index contributed by atoms with van der Waals surface area (Å²) in [4.78, 5) is 9.59. The largest absolute Gasteiger partial charge is 0.357 e. The average molecular weight is 471 g/mol. The Morgan fingerprint density at radius 1 is 1.12 bits per heavy atom. The highest BCUT2D eigenvalue weighted by Crippen LogP contribution is 2.10. The quantitative estimate of drug-likeness (QED) is 0.278. The second-order valence-corrected chi connectivity index (χ2v) is 6.61. The molecule has 1 heterocycles. The predicted octanol–water partition coefficient (Wildman–Crippen LogP) is 2.68. The molecule has 0 radical (unpaired) electrons. The van der Waals surface area contributed by atoms with Crippen LogP contribution in [-0.4, -0.2) is 62.1 Å². The van der Waals surface area contributed by atoms with Gasteiger partial charge in [0.2, 0.25) is 0 Å². The fraction of sp³-hybridized carbons (Fsp3) is 0.550. The molecule has 2 N–H and O–H groups in total. The second kappa shape index (κ2) is 13.1. The normalized spacial score (nSPS) is 16.5. The van der Waals surface area contributed by atoms with Crippen LogP contribution in [-0.2, 0) is 13.1 Å². The molecule has 1 aliphatic rings. The van der Waals surface area contributed by atoms with Crippen LogP contribution in [0.3, 0.4) is 0 Å². The number of guanidine groups is 1. The maximum absolute atomic E-state index is 4.62. The summed E-state index contributed by atoms with van der Waals surface area (Å²) in [6.45, 7) is 13.8. The van der Waals surface area contributed by atoms with E-state index in [1.807, 2.05) is 6.08 Å². The van der Waals surface area contributed by atoms with E-state index in [9.17, 15) is 0 Å². The van der Waals surface area contributed by atoms with Crippen molar-refractivity contribution in [2.75, 3.05) is 46.3 Å². The van der Waals surface area contributed by atoms with Crippen LogP contribution in [0.25, 0.3) is 0 Å². The van der Waals surface area contributed by atoms with E-state index in [4.69, 9.17) is 0 Å². The predicted molar refractivity (Wildman–Crippen MR) is 122 cm³/mol. The second-order valence-electron chi connectivity index (χ2n) is 6.61. The van der Waals surface area contributed by atoms with E-state index in [2.05, 4.69) is 70.2 Å². The summed E-state index contributed by atoms with van der Waals surface area (Å²) in [6, 6.07) is 8.87. The fourth-order valence-electron chi connectivity index (χ4n) is 2.95. The van der Waals surface area contributed by atoms with Crippen LogP contribution in [0.5, 0.6) is 0 Å². The minimum atomic E-state index is 0. The number of hydrogen-bond acceptors (Lipinski definition) is 3. The van der Waals surface area contributed by atoms with E-state index in [-0.39, 0.29) is 24.0 Å². The van der Waals surface area contributed by atoms with E-state index in [1.54, 1.807) is 0 Å². The molecule has 0 aromatic heterocycles. The van der Waals surface area contributed by atoms with E-state index < -0.39 is 0 Å². The monoisotopic (exact) mass is 471 g/mol. The third kappa shape index (κ3) is 8.51. The van der Waals surface area contributed by atoms with E-state index in [1.165, 1.54) is 30.6 Å². The number of nitrogens with zero attached hydrogens (tertiary/aromatic N) is 3. The molecule has 0 amide bonds. The molecule has 1 aromatic carbocycles. The Bertz CT molecular complexity index is 544. The van der Waals surface area contributed by atoms with Gasteiger partial charge in [-0.15, -0.1) is 30.6 Å². The van der Waals surface area contributed by atoms with Crippen molar-refractivity contribution in [2.24, 2.45) is 4.99 Å². The molecule has 0 aliphatic carbocycles. The fourth-order valence-corrected chi connectivity index (χ4v) is 2.95. The van der Waals surface area contributed by atoms with Gasteiger partial charge in [0.1, 0.15) is 0 Å². The Morgan fingerprint density at radius 3 is 2.54 bits per heavy atom. The lowest BCUT2D eigenvalue weighted by Gasteiger charge is -2.20. The summed E-state index contributed by atoms with van der Waals surface area (Å²) in [5, 5.41) is 6.47. The lowest BCUT2D eigenvalue weighted by Crippen LogP contribution is -2.37. The lowest BCUT2D eigenvalue weighted by atomic mass is 10.1. The lowest BCUT2D eigenvalue weighted by molar-refractivity contribution is 0.269. The molecule has 0 saturated carbocycles. The third-order valence-corrected chi connectivity index (χ3v) is 4.42. The number of hydrogen-bond donors (Lipinski definition) is 2. The molecule has 26 heavy (non-hydrogen) atoms. The van der Waals surface area contributed by atoms with Gasteiger partial charge in [0.15, 0.2) is 5.96 Å². The van der Waals surface area contributed by atoms with Crippen molar-refractivity contribution in [3.8, 4) is 0 Å². The maximum atomic E-state index is 4.62. The molecule has 2 rings (SSSR count). The van der Waals surface area contributed by atoms with Crippen molar-refractivity contribution < 1.29 is 0 Å². The van der Waals surface area contributed by atoms with Crippen LogP contribution in [0.15, 0.2) is 41.9 Å². The summed E-state index contributed by atoms with van der Waals surface area (Å²) in [5.41, 5.74) is 2.61. The highest BCUT2D eigenvalue weighted by Gasteiger charge is 2.12. The first-order chi connectivity index (χ1) is 12.2. The standard InChI is InChI=1S/C20H33N5.HI/c1-4-11-22-20(21-5-2)23-16-18-7-9-19(10-8-18)17-25-13-6-12-24(3)14-15-25;/h4,7-10H,1,5-6,11-17H2,2-3H3,(H2,21,22,23);1H. The first-order valence-electron chi connectivity index (χ1n) is 9.33. The van der Waals surface area contributed by atoms with Crippen LogP contribution in [0.2, 0.25) is 0 Å². The summed E-state index contributed by atoms with van der Waals surface area (Å²) in [7, 11) is 2.21. The van der Waals surface area contributed by atoms with Crippen LogP contribution in [0.1, 0.15) is 24.5 Å². The van der Waals surface area contributed by atoms with Crippen molar-refractivity contribution in [1.82, 2.24) is 20.4 Å². The summed E-state index contributed by atoms with van der Waals surface area (Å²) < 4.78 is 0. The highest BCUT2D eigenvalue weighted by molar-refractivity contribution is 14.0. The Hall–Kier alpha value is -1.12. The SMILES string of the molecule is C=CCNC(=NCc1ccc(CN2CCCN(C)CC2)cc1)NCC.I. The molecule has 1 saturated heterocycles. The number of likely N-dealkylation sites (N-methyl/N-ethyl adjacent to an activating group) is 1. The zero-order valence-electron chi connectivity index (χ0n) is 16.2. The smallest absolute Gasteiger partial charge is 0.191 e. The zero-order chi connectivity index (χ0) is 17.9. The molecule has 146 valence electrons. The molecule has 1 aliphatic heterocycles. The molecule has 6 heteroatoms. The summed E-state index contributed by atoms with van der Waals surface area (Å²) >= 11 is 0. The molecule has 0 spiro atoms. The van der Waals surface area contributed by atoms with Crippen molar-refractivity contribution in [3.63, 3.8) is 0 Å². The van der Waals surface area contributed by atoms with E-state index >= 15 is 0 Å². The van der Waals surface area contributed by atoms with E-state index in [0.29, 0.717) is 6.54 Å². The number of halogens is 1. The Balaban J connectivity index is 0.00000338. The van der Waals surface area contributed by atoms with Crippen LogP contribution in [0.4, 0.5) is 0 Å². The van der Waals surface area contributed by atoms with Gasteiger partial charge < -0.3 is 15.5 Å².